The van der Waals surface area contributed by atoms with Gasteiger partial charge in [-0.3, -0.25) is 9.59 Å². The van der Waals surface area contributed by atoms with Crippen molar-refractivity contribution in [1.29, 1.82) is 0 Å². The maximum absolute atomic E-state index is 12.9. The number of nitrogens with one attached hydrogen (secondary N) is 2. The highest BCUT2D eigenvalue weighted by molar-refractivity contribution is 5.96. The van der Waals surface area contributed by atoms with E-state index in [-0.39, 0.29) is 24.2 Å². The second kappa shape index (κ2) is 9.40. The molecule has 2 heterocycles. The number of pyridine rings is 2. The molecule has 0 radical (unpaired) electrons. The van der Waals surface area contributed by atoms with Gasteiger partial charge in [-0.15, -0.1) is 0 Å². The van der Waals surface area contributed by atoms with Crippen molar-refractivity contribution in [2.75, 3.05) is 11.9 Å². The molecule has 0 aliphatic heterocycles. The topological polar surface area (TPSA) is 93.2 Å². The second-order valence-corrected chi connectivity index (χ2v) is 6.77. The van der Waals surface area contributed by atoms with Gasteiger partial charge in [0.25, 0.3) is 11.8 Å². The number of aromatic nitrogens is 2. The number of hydrogen-bond acceptors (Lipinski definition) is 5. The number of halogens is 2. The number of rotatable bonds is 8. The minimum absolute atomic E-state index is 0.0974. The van der Waals surface area contributed by atoms with Crippen molar-refractivity contribution in [1.82, 2.24) is 15.3 Å². The van der Waals surface area contributed by atoms with Crippen LogP contribution in [0.2, 0.25) is 0 Å². The minimum Gasteiger partial charge on any atom is -0.471 e. The molecule has 9 heteroatoms. The summed E-state index contributed by atoms with van der Waals surface area (Å²) in [6.45, 7) is 5.43. The third-order valence-corrected chi connectivity index (χ3v) is 3.91. The number of alkyl halides is 2. The summed E-state index contributed by atoms with van der Waals surface area (Å²) in [5, 5.41) is 5.41. The lowest BCUT2D eigenvalue weighted by molar-refractivity contribution is -0.115. The molecule has 0 aromatic carbocycles. The van der Waals surface area contributed by atoms with E-state index in [0.29, 0.717) is 23.5 Å². The third-order valence-electron chi connectivity index (χ3n) is 3.91. The lowest BCUT2D eigenvalue weighted by atomic mass is 10.1. The van der Waals surface area contributed by atoms with Crippen LogP contribution < -0.4 is 15.4 Å². The van der Waals surface area contributed by atoms with Crippen LogP contribution in [0.5, 0.6) is 5.88 Å². The Bertz CT molecular complexity index is 898. The van der Waals surface area contributed by atoms with Crippen LogP contribution in [0.15, 0.2) is 24.4 Å². The first-order chi connectivity index (χ1) is 13.6. The fourth-order valence-electron chi connectivity index (χ4n) is 2.40. The predicted molar refractivity (Wildman–Crippen MR) is 104 cm³/mol. The van der Waals surface area contributed by atoms with Crippen LogP contribution in [0.1, 0.15) is 47.4 Å². The molecule has 0 fully saturated rings. The Balaban J connectivity index is 2.02. The number of hydrogen-bond donors (Lipinski definition) is 2. The summed E-state index contributed by atoms with van der Waals surface area (Å²) in [6.07, 6.45) is 1.78. The maximum Gasteiger partial charge on any atom is 0.278 e. The van der Waals surface area contributed by atoms with Gasteiger partial charge >= 0.3 is 0 Å². The summed E-state index contributed by atoms with van der Waals surface area (Å²) in [7, 11) is 0. The fraction of sp³-hybridized carbons (Fsp3) is 0.400. The minimum atomic E-state index is -2.94. The first-order valence-electron chi connectivity index (χ1n) is 9.10. The fourth-order valence-corrected chi connectivity index (χ4v) is 2.40. The van der Waals surface area contributed by atoms with E-state index >= 15 is 0 Å². The zero-order valence-electron chi connectivity index (χ0n) is 16.8. The SMILES string of the molecule is CCC(=O)Nc1cc(C(=O)NCc2cnc(OCC(C)(F)F)cc2C)cc(C)n1. The van der Waals surface area contributed by atoms with Gasteiger partial charge in [-0.05, 0) is 37.1 Å². The van der Waals surface area contributed by atoms with Crippen LogP contribution in [0.4, 0.5) is 14.6 Å². The number of nitrogens with zero attached hydrogens (tertiary/aromatic N) is 2. The molecule has 0 aliphatic carbocycles. The van der Waals surface area contributed by atoms with E-state index in [9.17, 15) is 18.4 Å². The Morgan fingerprint density at radius 2 is 1.93 bits per heavy atom. The summed E-state index contributed by atoms with van der Waals surface area (Å²) < 4.78 is 30.7. The molecule has 2 rings (SSSR count). The number of anilines is 1. The molecule has 2 aromatic heterocycles. The average molecular weight is 406 g/mol. The molecule has 156 valence electrons. The molecular weight excluding hydrogens is 382 g/mol. The van der Waals surface area contributed by atoms with Gasteiger partial charge in [0, 0.05) is 43.4 Å². The highest BCUT2D eigenvalue weighted by atomic mass is 19.3. The van der Waals surface area contributed by atoms with Gasteiger partial charge in [-0.25, -0.2) is 18.7 Å². The maximum atomic E-state index is 12.9. The smallest absolute Gasteiger partial charge is 0.278 e. The van der Waals surface area contributed by atoms with Crippen molar-refractivity contribution in [3.63, 3.8) is 0 Å². The molecule has 29 heavy (non-hydrogen) atoms. The van der Waals surface area contributed by atoms with Gasteiger partial charge in [0.15, 0.2) is 6.61 Å². The van der Waals surface area contributed by atoms with Crippen LogP contribution in [0, 0.1) is 13.8 Å². The van der Waals surface area contributed by atoms with Crippen molar-refractivity contribution in [2.24, 2.45) is 0 Å². The number of carbonyl (C=O) groups is 2. The largest absolute Gasteiger partial charge is 0.471 e. The summed E-state index contributed by atoms with van der Waals surface area (Å²) >= 11 is 0. The summed E-state index contributed by atoms with van der Waals surface area (Å²) in [6, 6.07) is 4.66. The van der Waals surface area contributed by atoms with Crippen LogP contribution >= 0.6 is 0 Å². The molecule has 2 aromatic rings. The van der Waals surface area contributed by atoms with Gasteiger partial charge in [0.1, 0.15) is 5.82 Å². The highest BCUT2D eigenvalue weighted by Crippen LogP contribution is 2.18. The average Bonchev–Trinajstić information content (AvgIpc) is 2.64. The van der Waals surface area contributed by atoms with Crippen molar-refractivity contribution >= 4 is 17.6 Å². The van der Waals surface area contributed by atoms with Gasteiger partial charge in [0.05, 0.1) is 0 Å². The zero-order chi connectivity index (χ0) is 21.6. The molecule has 2 amide bonds. The van der Waals surface area contributed by atoms with Crippen molar-refractivity contribution in [3.8, 4) is 5.88 Å². The zero-order valence-corrected chi connectivity index (χ0v) is 16.8. The number of carbonyl (C=O) groups excluding carboxylic acids is 2. The summed E-state index contributed by atoms with van der Waals surface area (Å²) in [5.41, 5.74) is 2.42. The number of amides is 2. The Labute approximate surface area is 167 Å². The van der Waals surface area contributed by atoms with E-state index in [1.54, 1.807) is 32.9 Å². The summed E-state index contributed by atoms with van der Waals surface area (Å²) in [5.74, 6) is -3.07. The van der Waals surface area contributed by atoms with Crippen molar-refractivity contribution in [3.05, 3.63) is 46.8 Å². The molecule has 0 saturated carbocycles. The normalized spacial score (nSPS) is 11.1. The molecule has 0 aliphatic rings. The molecule has 0 saturated heterocycles. The Kier molecular flexibility index (Phi) is 7.19. The van der Waals surface area contributed by atoms with Crippen LogP contribution in [-0.4, -0.2) is 34.3 Å². The molecule has 7 nitrogen and oxygen atoms in total. The number of ether oxygens (including phenoxy) is 1. The molecule has 0 atom stereocenters. The van der Waals surface area contributed by atoms with Crippen molar-refractivity contribution < 1.29 is 23.1 Å². The molecule has 0 bridgehead atoms. The van der Waals surface area contributed by atoms with E-state index in [1.165, 1.54) is 12.3 Å². The molecule has 0 unspecified atom stereocenters. The van der Waals surface area contributed by atoms with Gasteiger partial charge in [-0.2, -0.15) is 0 Å². The Morgan fingerprint density at radius 1 is 1.21 bits per heavy atom. The van der Waals surface area contributed by atoms with Crippen LogP contribution in [0.25, 0.3) is 0 Å². The van der Waals surface area contributed by atoms with E-state index in [2.05, 4.69) is 20.6 Å². The summed E-state index contributed by atoms with van der Waals surface area (Å²) in [4.78, 5) is 32.2. The molecule has 2 N–H and O–H groups in total. The van der Waals surface area contributed by atoms with Crippen LogP contribution in [-0.2, 0) is 11.3 Å². The van der Waals surface area contributed by atoms with Crippen LogP contribution in [0.3, 0.4) is 0 Å². The van der Waals surface area contributed by atoms with E-state index in [4.69, 9.17) is 4.74 Å². The molecular formula is C20H24F2N4O3. The highest BCUT2D eigenvalue weighted by Gasteiger charge is 2.22. The van der Waals surface area contributed by atoms with Gasteiger partial charge < -0.3 is 15.4 Å². The lowest BCUT2D eigenvalue weighted by Crippen LogP contribution is -2.24. The second-order valence-electron chi connectivity index (χ2n) is 6.77. The lowest BCUT2D eigenvalue weighted by Gasteiger charge is -2.13. The Hall–Kier alpha value is -3.10. The van der Waals surface area contributed by atoms with E-state index in [1.807, 2.05) is 0 Å². The van der Waals surface area contributed by atoms with E-state index < -0.39 is 12.5 Å². The first kappa shape index (κ1) is 22.2. The standard InChI is InChI=1S/C20H24F2N4O3/c1-5-17(27)26-16-8-14(7-13(3)25-16)19(28)24-10-15-9-23-18(6-12(15)2)29-11-20(4,21)22/h6-9H,5,10-11H2,1-4H3,(H,24,28)(H,25,26,27). The monoisotopic (exact) mass is 406 g/mol. The van der Waals surface area contributed by atoms with E-state index in [0.717, 1.165) is 18.1 Å². The predicted octanol–water partition coefficient (Wildman–Crippen LogP) is 3.41. The number of aryl methyl sites for hydroxylation is 2. The Morgan fingerprint density at radius 3 is 2.55 bits per heavy atom. The van der Waals surface area contributed by atoms with Gasteiger partial charge in [0.2, 0.25) is 11.8 Å². The third kappa shape index (κ3) is 7.10. The first-order valence-corrected chi connectivity index (χ1v) is 9.10. The van der Waals surface area contributed by atoms with Gasteiger partial charge in [-0.1, -0.05) is 6.92 Å². The quantitative estimate of drug-likeness (QED) is 0.701. The van der Waals surface area contributed by atoms with Crippen molar-refractivity contribution in [2.45, 2.75) is 46.6 Å². The molecule has 0 spiro atoms.